The monoisotopic (exact) mass is 425 g/mol. The van der Waals surface area contributed by atoms with E-state index >= 15 is 0 Å². The van der Waals surface area contributed by atoms with Gasteiger partial charge in [0.2, 0.25) is 5.76 Å². The maximum atomic E-state index is 12.1. The third kappa shape index (κ3) is 3.86. The van der Waals surface area contributed by atoms with Crippen LogP contribution in [0.15, 0.2) is 57.7 Å². The van der Waals surface area contributed by atoms with E-state index in [0.29, 0.717) is 15.6 Å². The molecule has 0 aliphatic rings. The lowest BCUT2D eigenvalue weighted by Crippen LogP contribution is -2.21. The Morgan fingerprint density at radius 1 is 1.20 bits per heavy atom. The SMILES string of the molecule is O=C(COC(=O)c1cc(=O)c2ccccc2o1)Nc1nc2ccc([N+](=O)[O-])cc2s1. The first-order valence-electron chi connectivity index (χ1n) is 8.45. The quantitative estimate of drug-likeness (QED) is 0.292. The Bertz CT molecular complexity index is 1380. The lowest BCUT2D eigenvalue weighted by molar-refractivity contribution is -0.384. The number of thiazole rings is 1. The van der Waals surface area contributed by atoms with Crippen LogP contribution < -0.4 is 10.7 Å². The Kier molecular flexibility index (Phi) is 4.94. The minimum Gasteiger partial charge on any atom is -0.450 e. The summed E-state index contributed by atoms with van der Waals surface area (Å²) >= 11 is 1.04. The van der Waals surface area contributed by atoms with Gasteiger partial charge in [0.1, 0.15) is 5.58 Å². The first-order chi connectivity index (χ1) is 14.4. The predicted octanol–water partition coefficient (Wildman–Crippen LogP) is 3.11. The molecule has 2 aromatic carbocycles. The highest BCUT2D eigenvalue weighted by molar-refractivity contribution is 7.22. The fraction of sp³-hybridized carbons (Fsp3) is 0.0526. The van der Waals surface area contributed by atoms with Gasteiger partial charge in [-0.25, -0.2) is 9.78 Å². The van der Waals surface area contributed by atoms with Gasteiger partial charge in [0.25, 0.3) is 11.6 Å². The van der Waals surface area contributed by atoms with Crippen LogP contribution in [0.4, 0.5) is 10.8 Å². The van der Waals surface area contributed by atoms with Crippen molar-refractivity contribution >= 4 is 55.2 Å². The van der Waals surface area contributed by atoms with Gasteiger partial charge in [0.05, 0.1) is 20.5 Å². The topological polar surface area (TPSA) is 142 Å². The van der Waals surface area contributed by atoms with Gasteiger partial charge in [-0.05, 0) is 18.2 Å². The molecule has 10 nitrogen and oxygen atoms in total. The minimum atomic E-state index is -0.965. The van der Waals surface area contributed by atoms with E-state index in [1.54, 1.807) is 18.2 Å². The molecule has 1 N–H and O–H groups in total. The number of carbonyl (C=O) groups is 2. The summed E-state index contributed by atoms with van der Waals surface area (Å²) in [5.41, 5.74) is 0.215. The summed E-state index contributed by atoms with van der Waals surface area (Å²) in [7, 11) is 0. The molecule has 0 saturated carbocycles. The number of nitro groups is 1. The minimum absolute atomic E-state index is 0.0881. The van der Waals surface area contributed by atoms with Crippen molar-refractivity contribution in [1.82, 2.24) is 4.98 Å². The van der Waals surface area contributed by atoms with E-state index in [1.165, 1.54) is 24.3 Å². The van der Waals surface area contributed by atoms with Gasteiger partial charge in [-0.15, -0.1) is 0 Å². The molecule has 11 heteroatoms. The highest BCUT2D eigenvalue weighted by Gasteiger charge is 2.17. The molecule has 30 heavy (non-hydrogen) atoms. The van der Waals surface area contributed by atoms with E-state index in [4.69, 9.17) is 9.15 Å². The van der Waals surface area contributed by atoms with Gasteiger partial charge >= 0.3 is 5.97 Å². The number of rotatable bonds is 5. The second-order valence-electron chi connectivity index (χ2n) is 6.02. The van der Waals surface area contributed by atoms with Crippen molar-refractivity contribution < 1.29 is 23.7 Å². The van der Waals surface area contributed by atoms with Gasteiger partial charge in [-0.1, -0.05) is 23.5 Å². The van der Waals surface area contributed by atoms with Crippen LogP contribution in [0.2, 0.25) is 0 Å². The number of nitrogens with one attached hydrogen (secondary N) is 1. The molecule has 0 atom stereocenters. The van der Waals surface area contributed by atoms with Crippen LogP contribution in [-0.2, 0) is 9.53 Å². The Morgan fingerprint density at radius 2 is 2.00 bits per heavy atom. The molecule has 2 heterocycles. The van der Waals surface area contributed by atoms with Crippen LogP contribution in [0, 0.1) is 10.1 Å². The third-order valence-corrected chi connectivity index (χ3v) is 4.93. The highest BCUT2D eigenvalue weighted by atomic mass is 32.1. The second kappa shape index (κ2) is 7.72. The lowest BCUT2D eigenvalue weighted by Gasteiger charge is -2.05. The van der Waals surface area contributed by atoms with Gasteiger partial charge < -0.3 is 9.15 Å². The van der Waals surface area contributed by atoms with E-state index in [2.05, 4.69) is 10.3 Å². The number of esters is 1. The zero-order chi connectivity index (χ0) is 21.3. The average Bonchev–Trinajstić information content (AvgIpc) is 3.13. The van der Waals surface area contributed by atoms with Crippen LogP contribution in [0.5, 0.6) is 0 Å². The van der Waals surface area contributed by atoms with E-state index in [0.717, 1.165) is 17.4 Å². The molecule has 0 radical (unpaired) electrons. The van der Waals surface area contributed by atoms with Gasteiger partial charge in [-0.3, -0.25) is 25.0 Å². The van der Waals surface area contributed by atoms with Gasteiger partial charge in [0.15, 0.2) is 17.2 Å². The fourth-order valence-corrected chi connectivity index (χ4v) is 3.56. The molecular weight excluding hydrogens is 414 g/mol. The number of nitrogens with zero attached hydrogens (tertiary/aromatic N) is 2. The van der Waals surface area contributed by atoms with Gasteiger partial charge in [-0.2, -0.15) is 0 Å². The van der Waals surface area contributed by atoms with E-state index in [9.17, 15) is 24.5 Å². The highest BCUT2D eigenvalue weighted by Crippen LogP contribution is 2.29. The fourth-order valence-electron chi connectivity index (χ4n) is 2.64. The molecule has 0 saturated heterocycles. The molecule has 0 aliphatic carbocycles. The molecule has 4 aromatic rings. The third-order valence-electron chi connectivity index (χ3n) is 4.00. The predicted molar refractivity (Wildman–Crippen MR) is 108 cm³/mol. The molecular formula is C19H11N3O7S. The van der Waals surface area contributed by atoms with Crippen LogP contribution >= 0.6 is 11.3 Å². The van der Waals surface area contributed by atoms with Crippen molar-refractivity contribution in [3.05, 3.63) is 74.6 Å². The molecule has 2 aromatic heterocycles. The number of aromatic nitrogens is 1. The van der Waals surface area contributed by atoms with Crippen LogP contribution in [0.3, 0.4) is 0 Å². The first-order valence-corrected chi connectivity index (χ1v) is 9.27. The number of para-hydroxylation sites is 1. The van der Waals surface area contributed by atoms with Crippen LogP contribution in [0.25, 0.3) is 21.2 Å². The maximum Gasteiger partial charge on any atom is 0.374 e. The number of carbonyl (C=O) groups excluding carboxylic acids is 2. The summed E-state index contributed by atoms with van der Waals surface area (Å²) in [6.45, 7) is -0.633. The standard InChI is InChI=1S/C19H11N3O7S/c23-13-8-15(29-14-4-2-1-3-11(13)14)18(25)28-9-17(24)21-19-20-12-6-5-10(22(26)27)7-16(12)30-19/h1-8H,9H2,(H,20,21,24). The number of nitro benzene ring substituents is 1. The maximum absolute atomic E-state index is 12.1. The Hall–Kier alpha value is -4.12. The average molecular weight is 425 g/mol. The zero-order valence-electron chi connectivity index (χ0n) is 15.0. The molecule has 1 amide bonds. The van der Waals surface area contributed by atoms with Crippen molar-refractivity contribution in [1.29, 1.82) is 0 Å². The number of fused-ring (bicyclic) bond motifs is 2. The molecule has 4 rings (SSSR count). The molecule has 0 unspecified atom stereocenters. The van der Waals surface area contributed by atoms with Crippen molar-refractivity contribution in [3.8, 4) is 0 Å². The number of benzene rings is 2. The summed E-state index contributed by atoms with van der Waals surface area (Å²) < 4.78 is 10.8. The Labute approximate surface area is 170 Å². The van der Waals surface area contributed by atoms with Crippen molar-refractivity contribution in [2.45, 2.75) is 0 Å². The van der Waals surface area contributed by atoms with E-state index < -0.39 is 28.8 Å². The molecule has 0 bridgehead atoms. The van der Waals surface area contributed by atoms with Crippen molar-refractivity contribution in [2.24, 2.45) is 0 Å². The second-order valence-corrected chi connectivity index (χ2v) is 7.05. The molecule has 0 fully saturated rings. The van der Waals surface area contributed by atoms with Gasteiger partial charge in [0, 0.05) is 18.2 Å². The number of non-ortho nitro benzene ring substituents is 1. The lowest BCUT2D eigenvalue weighted by atomic mass is 10.2. The van der Waals surface area contributed by atoms with Crippen LogP contribution in [0.1, 0.15) is 10.6 Å². The molecule has 150 valence electrons. The smallest absolute Gasteiger partial charge is 0.374 e. The van der Waals surface area contributed by atoms with Crippen LogP contribution in [-0.4, -0.2) is 28.4 Å². The molecule has 0 spiro atoms. The first kappa shape index (κ1) is 19.2. The Morgan fingerprint density at radius 3 is 2.80 bits per heavy atom. The summed E-state index contributed by atoms with van der Waals surface area (Å²) in [6.07, 6.45) is 0. The number of ether oxygens (including phenoxy) is 1. The number of anilines is 1. The largest absolute Gasteiger partial charge is 0.450 e. The number of hydrogen-bond acceptors (Lipinski definition) is 9. The summed E-state index contributed by atoms with van der Waals surface area (Å²) in [5, 5.41) is 13.8. The molecule has 0 aliphatic heterocycles. The summed E-state index contributed by atoms with van der Waals surface area (Å²) in [4.78, 5) is 50.7. The number of hydrogen-bond donors (Lipinski definition) is 1. The summed E-state index contributed by atoms with van der Waals surface area (Å²) in [6, 6.07) is 11.6. The Balaban J connectivity index is 1.42. The number of amides is 1. The normalized spacial score (nSPS) is 10.8. The van der Waals surface area contributed by atoms with E-state index in [1.807, 2.05) is 0 Å². The van der Waals surface area contributed by atoms with Crippen molar-refractivity contribution in [2.75, 3.05) is 11.9 Å². The summed E-state index contributed by atoms with van der Waals surface area (Å²) in [5.74, 6) is -1.95. The van der Waals surface area contributed by atoms with Crippen molar-refractivity contribution in [3.63, 3.8) is 0 Å². The van der Waals surface area contributed by atoms with E-state index in [-0.39, 0.29) is 22.2 Å². The zero-order valence-corrected chi connectivity index (χ0v) is 15.8.